The van der Waals surface area contributed by atoms with Crippen molar-refractivity contribution in [2.45, 2.75) is 0 Å². The summed E-state index contributed by atoms with van der Waals surface area (Å²) in [5.74, 6) is 0.261. The number of carbonyl (C=O) groups excluding carboxylic acids is 1. The summed E-state index contributed by atoms with van der Waals surface area (Å²) >= 11 is 11.7. The zero-order valence-electron chi connectivity index (χ0n) is 10.6. The molecule has 20 heavy (non-hydrogen) atoms. The molecule has 0 heterocycles. The standard InChI is InChI=1S/C14H12Cl2N2O2/c1-20-9-3-4-10(13(17)7-9)14(19)18-8-2-5-11(15)12(16)6-8/h2-7H,17H2,1H3,(H,18,19). The van der Waals surface area contributed by atoms with Crippen molar-refractivity contribution < 1.29 is 9.53 Å². The van der Waals surface area contributed by atoms with Gasteiger partial charge in [0.05, 0.1) is 22.7 Å². The zero-order valence-corrected chi connectivity index (χ0v) is 12.1. The Bertz CT molecular complexity index is 660. The van der Waals surface area contributed by atoms with E-state index in [-0.39, 0.29) is 5.91 Å². The molecule has 0 fully saturated rings. The average Bonchev–Trinajstić information content (AvgIpc) is 2.42. The van der Waals surface area contributed by atoms with Gasteiger partial charge in [-0.3, -0.25) is 4.79 Å². The number of nitrogens with two attached hydrogens (primary N) is 1. The smallest absolute Gasteiger partial charge is 0.257 e. The second-order valence-electron chi connectivity index (χ2n) is 4.04. The summed E-state index contributed by atoms with van der Waals surface area (Å²) in [6.07, 6.45) is 0. The Morgan fingerprint density at radius 1 is 1.15 bits per heavy atom. The highest BCUT2D eigenvalue weighted by molar-refractivity contribution is 6.42. The van der Waals surface area contributed by atoms with Gasteiger partial charge >= 0.3 is 0 Å². The van der Waals surface area contributed by atoms with Crippen molar-refractivity contribution in [3.05, 3.63) is 52.0 Å². The molecule has 3 N–H and O–H groups in total. The first-order valence-electron chi connectivity index (χ1n) is 5.71. The van der Waals surface area contributed by atoms with Crippen molar-refractivity contribution in [3.8, 4) is 5.75 Å². The summed E-state index contributed by atoms with van der Waals surface area (Å²) in [6, 6.07) is 9.69. The predicted octanol–water partition coefficient (Wildman–Crippen LogP) is 3.84. The van der Waals surface area contributed by atoms with Gasteiger partial charge in [0, 0.05) is 17.4 Å². The first kappa shape index (κ1) is 14.5. The molecule has 2 rings (SSSR count). The van der Waals surface area contributed by atoms with Crippen LogP contribution in [0.3, 0.4) is 0 Å². The van der Waals surface area contributed by atoms with Crippen LogP contribution in [0.25, 0.3) is 0 Å². The van der Waals surface area contributed by atoms with Crippen molar-refractivity contribution in [2.24, 2.45) is 0 Å². The van der Waals surface area contributed by atoms with Crippen LogP contribution in [0.2, 0.25) is 10.0 Å². The van der Waals surface area contributed by atoms with Crippen molar-refractivity contribution in [2.75, 3.05) is 18.2 Å². The summed E-state index contributed by atoms with van der Waals surface area (Å²) in [5.41, 5.74) is 7.05. The van der Waals surface area contributed by atoms with E-state index in [1.165, 1.54) is 7.11 Å². The lowest BCUT2D eigenvalue weighted by atomic mass is 10.1. The maximum Gasteiger partial charge on any atom is 0.257 e. The number of anilines is 2. The Balaban J connectivity index is 2.21. The fraction of sp³-hybridized carbons (Fsp3) is 0.0714. The second kappa shape index (κ2) is 6.03. The van der Waals surface area contributed by atoms with E-state index in [2.05, 4.69) is 5.32 Å². The molecule has 4 nitrogen and oxygen atoms in total. The first-order chi connectivity index (χ1) is 9.51. The maximum atomic E-state index is 12.1. The summed E-state index contributed by atoms with van der Waals surface area (Å²) in [5, 5.41) is 3.49. The average molecular weight is 311 g/mol. The van der Waals surface area contributed by atoms with Gasteiger partial charge in [-0.1, -0.05) is 23.2 Å². The molecule has 0 saturated carbocycles. The number of methoxy groups -OCH3 is 1. The minimum atomic E-state index is -0.330. The van der Waals surface area contributed by atoms with Crippen molar-refractivity contribution in [1.29, 1.82) is 0 Å². The molecule has 2 aromatic rings. The van der Waals surface area contributed by atoms with Crippen LogP contribution < -0.4 is 15.8 Å². The quantitative estimate of drug-likeness (QED) is 0.847. The van der Waals surface area contributed by atoms with Crippen LogP contribution in [0.5, 0.6) is 5.75 Å². The molecule has 1 amide bonds. The number of rotatable bonds is 3. The number of hydrogen-bond acceptors (Lipinski definition) is 3. The lowest BCUT2D eigenvalue weighted by molar-refractivity contribution is 0.102. The molecule has 6 heteroatoms. The van der Waals surface area contributed by atoms with Gasteiger partial charge in [-0.15, -0.1) is 0 Å². The Labute approximate surface area is 126 Å². The third-order valence-electron chi connectivity index (χ3n) is 2.68. The number of benzene rings is 2. The highest BCUT2D eigenvalue weighted by Gasteiger charge is 2.11. The summed E-state index contributed by atoms with van der Waals surface area (Å²) in [7, 11) is 1.53. The molecular formula is C14H12Cl2N2O2. The maximum absolute atomic E-state index is 12.1. The van der Waals surface area contributed by atoms with Crippen LogP contribution >= 0.6 is 23.2 Å². The fourth-order valence-corrected chi connectivity index (χ4v) is 1.94. The van der Waals surface area contributed by atoms with E-state index < -0.39 is 0 Å². The van der Waals surface area contributed by atoms with Crippen LogP contribution in [-0.4, -0.2) is 13.0 Å². The summed E-state index contributed by atoms with van der Waals surface area (Å²) < 4.78 is 5.03. The molecule has 0 atom stereocenters. The third kappa shape index (κ3) is 3.15. The minimum absolute atomic E-state index is 0.330. The SMILES string of the molecule is COc1ccc(C(=O)Nc2ccc(Cl)c(Cl)c2)c(N)c1. The fourth-order valence-electron chi connectivity index (χ4n) is 1.65. The largest absolute Gasteiger partial charge is 0.497 e. The van der Waals surface area contributed by atoms with Gasteiger partial charge < -0.3 is 15.8 Å². The van der Waals surface area contributed by atoms with E-state index in [0.29, 0.717) is 32.7 Å². The molecule has 0 radical (unpaired) electrons. The monoisotopic (exact) mass is 310 g/mol. The molecule has 0 aliphatic heterocycles. The Kier molecular flexibility index (Phi) is 4.37. The van der Waals surface area contributed by atoms with Crippen LogP contribution in [0.4, 0.5) is 11.4 Å². The molecule has 0 aliphatic carbocycles. The zero-order chi connectivity index (χ0) is 14.7. The first-order valence-corrected chi connectivity index (χ1v) is 6.47. The Morgan fingerprint density at radius 2 is 1.90 bits per heavy atom. The van der Waals surface area contributed by atoms with Crippen LogP contribution in [0, 0.1) is 0 Å². The Morgan fingerprint density at radius 3 is 2.50 bits per heavy atom. The second-order valence-corrected chi connectivity index (χ2v) is 4.85. The molecule has 104 valence electrons. The predicted molar refractivity (Wildman–Crippen MR) is 81.8 cm³/mol. The normalized spacial score (nSPS) is 10.2. The van der Waals surface area contributed by atoms with E-state index in [4.69, 9.17) is 33.7 Å². The van der Waals surface area contributed by atoms with Gasteiger partial charge in [0.25, 0.3) is 5.91 Å². The third-order valence-corrected chi connectivity index (χ3v) is 3.42. The molecular weight excluding hydrogens is 299 g/mol. The van der Waals surface area contributed by atoms with Crippen molar-refractivity contribution in [1.82, 2.24) is 0 Å². The van der Waals surface area contributed by atoms with E-state index in [9.17, 15) is 4.79 Å². The number of nitrogens with one attached hydrogen (secondary N) is 1. The minimum Gasteiger partial charge on any atom is -0.497 e. The van der Waals surface area contributed by atoms with Crippen LogP contribution in [0.15, 0.2) is 36.4 Å². The van der Waals surface area contributed by atoms with Crippen LogP contribution in [-0.2, 0) is 0 Å². The number of ether oxygens (including phenoxy) is 1. The number of nitrogen functional groups attached to an aromatic ring is 1. The molecule has 0 spiro atoms. The number of halogens is 2. The molecule has 2 aromatic carbocycles. The van der Waals surface area contributed by atoms with Crippen molar-refractivity contribution in [3.63, 3.8) is 0 Å². The van der Waals surface area contributed by atoms with Gasteiger partial charge in [-0.05, 0) is 30.3 Å². The lowest BCUT2D eigenvalue weighted by Crippen LogP contribution is -2.14. The van der Waals surface area contributed by atoms with Gasteiger partial charge in [0.1, 0.15) is 5.75 Å². The number of hydrogen-bond donors (Lipinski definition) is 2. The van der Waals surface area contributed by atoms with Crippen LogP contribution in [0.1, 0.15) is 10.4 Å². The highest BCUT2D eigenvalue weighted by atomic mass is 35.5. The van der Waals surface area contributed by atoms with Crippen molar-refractivity contribution >= 4 is 40.5 Å². The summed E-state index contributed by atoms with van der Waals surface area (Å²) in [4.78, 5) is 12.1. The van der Waals surface area contributed by atoms with E-state index >= 15 is 0 Å². The van der Waals surface area contributed by atoms with E-state index in [1.54, 1.807) is 36.4 Å². The molecule has 0 unspecified atom stereocenters. The molecule has 0 aliphatic rings. The van der Waals surface area contributed by atoms with Gasteiger partial charge in [0.15, 0.2) is 0 Å². The topological polar surface area (TPSA) is 64.3 Å². The molecule has 0 saturated heterocycles. The lowest BCUT2D eigenvalue weighted by Gasteiger charge is -2.09. The highest BCUT2D eigenvalue weighted by Crippen LogP contribution is 2.26. The van der Waals surface area contributed by atoms with Gasteiger partial charge in [-0.25, -0.2) is 0 Å². The summed E-state index contributed by atoms with van der Waals surface area (Å²) in [6.45, 7) is 0. The van der Waals surface area contributed by atoms with E-state index in [1.807, 2.05) is 0 Å². The number of carbonyl (C=O) groups is 1. The molecule has 0 aromatic heterocycles. The molecule has 0 bridgehead atoms. The van der Waals surface area contributed by atoms with Gasteiger partial charge in [0.2, 0.25) is 0 Å². The van der Waals surface area contributed by atoms with Gasteiger partial charge in [-0.2, -0.15) is 0 Å². The van der Waals surface area contributed by atoms with E-state index in [0.717, 1.165) is 0 Å². The Hall–Kier alpha value is -1.91. The number of amides is 1.